The van der Waals surface area contributed by atoms with Crippen LogP contribution in [0, 0.1) is 0 Å². The lowest BCUT2D eigenvalue weighted by Crippen LogP contribution is -1.83. The van der Waals surface area contributed by atoms with Crippen LogP contribution in [0.5, 0.6) is 0 Å². The molecule has 0 amide bonds. The van der Waals surface area contributed by atoms with E-state index < -0.39 is 6.67 Å². The minimum absolute atomic E-state index is 0.422. The first-order valence-corrected chi connectivity index (χ1v) is 3.95. The second kappa shape index (κ2) is 17.6. The Hall–Kier alpha value is -1.38. The van der Waals surface area contributed by atoms with Gasteiger partial charge in [0, 0.05) is 0 Å². The van der Waals surface area contributed by atoms with Gasteiger partial charge in [0.05, 0.1) is 12.9 Å². The standard InChI is InChI=1S/C8H13FO.C2H4.CH2O/c1-7(5-4-6-9)8(2)10-3;2*1-2/h4-5H,6H2,1-3H3;1-2H2;1H2/b5-4-,8-7+;;. The summed E-state index contributed by atoms with van der Waals surface area (Å²) in [6.07, 6.45) is 3.16. The van der Waals surface area contributed by atoms with Gasteiger partial charge in [0.25, 0.3) is 0 Å². The first-order chi connectivity index (χ1) is 6.72. The molecule has 0 heterocycles. The van der Waals surface area contributed by atoms with Crippen molar-refractivity contribution < 1.29 is 13.9 Å². The van der Waals surface area contributed by atoms with E-state index in [0.717, 1.165) is 11.3 Å². The number of methoxy groups -OCH3 is 1. The minimum atomic E-state index is -0.422. The number of ether oxygens (including phenoxy) is 1. The fraction of sp³-hybridized carbons (Fsp3) is 0.364. The molecule has 82 valence electrons. The van der Waals surface area contributed by atoms with E-state index in [1.807, 2.05) is 20.6 Å². The number of alkyl halides is 1. The van der Waals surface area contributed by atoms with Crippen molar-refractivity contribution in [2.45, 2.75) is 13.8 Å². The molecule has 0 spiro atoms. The van der Waals surface area contributed by atoms with E-state index in [1.165, 1.54) is 6.08 Å². The number of halogens is 1. The number of rotatable bonds is 3. The molecule has 0 bridgehead atoms. The highest BCUT2D eigenvalue weighted by molar-refractivity contribution is 5.18. The molecule has 2 nitrogen and oxygen atoms in total. The molecule has 0 aliphatic rings. The number of carbonyl (C=O) groups excluding carboxylic acids is 1. The molecule has 0 saturated carbocycles. The molecule has 0 radical (unpaired) electrons. The van der Waals surface area contributed by atoms with Crippen molar-refractivity contribution in [3.8, 4) is 0 Å². The highest BCUT2D eigenvalue weighted by Gasteiger charge is 1.88. The molecule has 14 heavy (non-hydrogen) atoms. The second-order valence-corrected chi connectivity index (χ2v) is 2.00. The maximum atomic E-state index is 11.6. The minimum Gasteiger partial charge on any atom is -0.501 e. The predicted octanol–water partition coefficient (Wildman–Crippen LogP) is 3.07. The Morgan fingerprint density at radius 2 is 1.79 bits per heavy atom. The van der Waals surface area contributed by atoms with Gasteiger partial charge in [-0.3, -0.25) is 0 Å². The molecule has 0 aliphatic heterocycles. The third-order valence-corrected chi connectivity index (χ3v) is 1.32. The third kappa shape index (κ3) is 13.2. The quantitative estimate of drug-likeness (QED) is 0.399. The summed E-state index contributed by atoms with van der Waals surface area (Å²) >= 11 is 0. The Labute approximate surface area is 85.8 Å². The summed E-state index contributed by atoms with van der Waals surface area (Å²) in [4.78, 5) is 8.00. The van der Waals surface area contributed by atoms with Crippen molar-refractivity contribution in [3.63, 3.8) is 0 Å². The molecule has 0 unspecified atom stereocenters. The zero-order chi connectivity index (χ0) is 12.0. The van der Waals surface area contributed by atoms with Gasteiger partial charge in [0.2, 0.25) is 0 Å². The van der Waals surface area contributed by atoms with Gasteiger partial charge in [0.1, 0.15) is 13.5 Å². The fourth-order valence-electron chi connectivity index (χ4n) is 0.500. The summed E-state index contributed by atoms with van der Waals surface area (Å²) in [6, 6.07) is 0. The molecule has 0 atom stereocenters. The van der Waals surface area contributed by atoms with Gasteiger partial charge in [-0.25, -0.2) is 4.39 Å². The van der Waals surface area contributed by atoms with E-state index in [2.05, 4.69) is 13.2 Å². The van der Waals surface area contributed by atoms with Crippen molar-refractivity contribution >= 4 is 6.79 Å². The van der Waals surface area contributed by atoms with E-state index >= 15 is 0 Å². The molecular weight excluding hydrogens is 183 g/mol. The van der Waals surface area contributed by atoms with Crippen LogP contribution in [0.4, 0.5) is 4.39 Å². The van der Waals surface area contributed by atoms with E-state index in [1.54, 1.807) is 13.2 Å². The average Bonchev–Trinajstić information content (AvgIpc) is 2.30. The summed E-state index contributed by atoms with van der Waals surface area (Å²) in [7, 11) is 1.60. The largest absolute Gasteiger partial charge is 0.501 e. The Kier molecular flexibility index (Phi) is 23.2. The summed E-state index contributed by atoms with van der Waals surface area (Å²) < 4.78 is 16.5. The summed E-state index contributed by atoms with van der Waals surface area (Å²) in [5.74, 6) is 0.824. The predicted molar refractivity (Wildman–Crippen MR) is 58.9 cm³/mol. The zero-order valence-corrected chi connectivity index (χ0v) is 9.18. The van der Waals surface area contributed by atoms with Crippen LogP contribution in [0.3, 0.4) is 0 Å². The maximum absolute atomic E-state index is 11.6. The highest BCUT2D eigenvalue weighted by atomic mass is 19.1. The molecule has 0 aromatic heterocycles. The monoisotopic (exact) mass is 202 g/mol. The normalized spacial score (nSPS) is 10.3. The van der Waals surface area contributed by atoms with E-state index in [9.17, 15) is 4.39 Å². The number of carbonyl (C=O) groups is 1. The zero-order valence-electron chi connectivity index (χ0n) is 9.18. The van der Waals surface area contributed by atoms with E-state index in [4.69, 9.17) is 9.53 Å². The van der Waals surface area contributed by atoms with Crippen LogP contribution < -0.4 is 0 Å². The lowest BCUT2D eigenvalue weighted by atomic mass is 10.2. The van der Waals surface area contributed by atoms with Gasteiger partial charge in [-0.1, -0.05) is 12.2 Å². The van der Waals surface area contributed by atoms with E-state index in [-0.39, 0.29) is 0 Å². The van der Waals surface area contributed by atoms with Crippen LogP contribution in [0.25, 0.3) is 0 Å². The first-order valence-electron chi connectivity index (χ1n) is 3.95. The van der Waals surface area contributed by atoms with Gasteiger partial charge in [-0.05, 0) is 19.4 Å². The summed E-state index contributed by atoms with van der Waals surface area (Å²) in [5.41, 5.74) is 0.958. The topological polar surface area (TPSA) is 26.3 Å². The second-order valence-electron chi connectivity index (χ2n) is 2.00. The number of allylic oxidation sites excluding steroid dienone is 4. The van der Waals surface area contributed by atoms with Gasteiger partial charge in [-0.2, -0.15) is 0 Å². The highest BCUT2D eigenvalue weighted by Crippen LogP contribution is 2.04. The van der Waals surface area contributed by atoms with Gasteiger partial charge in [0.15, 0.2) is 0 Å². The Morgan fingerprint density at radius 3 is 2.07 bits per heavy atom. The van der Waals surface area contributed by atoms with E-state index in [0.29, 0.717) is 0 Å². The van der Waals surface area contributed by atoms with Gasteiger partial charge in [-0.15, -0.1) is 13.2 Å². The van der Waals surface area contributed by atoms with Crippen molar-refractivity contribution in [3.05, 3.63) is 36.6 Å². The Balaban J connectivity index is -0.000000266. The molecular formula is C11H19FO2. The molecule has 0 fully saturated rings. The van der Waals surface area contributed by atoms with Crippen LogP contribution in [0.1, 0.15) is 13.8 Å². The SMILES string of the molecule is C=C.C=O.CO/C(C)=C(C)/C=C\CF. The van der Waals surface area contributed by atoms with Crippen molar-refractivity contribution in [1.82, 2.24) is 0 Å². The first kappa shape index (κ1) is 18.4. The molecule has 0 aromatic carbocycles. The Bertz CT molecular complexity index is 172. The summed E-state index contributed by atoms with van der Waals surface area (Å²) in [5, 5.41) is 0. The van der Waals surface area contributed by atoms with Crippen LogP contribution in [-0.2, 0) is 9.53 Å². The lowest BCUT2D eigenvalue weighted by molar-refractivity contribution is -0.0979. The summed E-state index contributed by atoms with van der Waals surface area (Å²) in [6.45, 7) is 11.3. The number of hydrogen-bond acceptors (Lipinski definition) is 2. The molecule has 0 rings (SSSR count). The van der Waals surface area contributed by atoms with Crippen molar-refractivity contribution in [2.24, 2.45) is 0 Å². The van der Waals surface area contributed by atoms with Crippen LogP contribution in [-0.4, -0.2) is 20.6 Å². The third-order valence-electron chi connectivity index (χ3n) is 1.32. The number of hydrogen-bond donors (Lipinski definition) is 0. The molecule has 0 N–H and O–H groups in total. The van der Waals surface area contributed by atoms with Gasteiger partial charge >= 0.3 is 0 Å². The molecule has 0 aliphatic carbocycles. The van der Waals surface area contributed by atoms with Crippen molar-refractivity contribution in [1.29, 1.82) is 0 Å². The maximum Gasteiger partial charge on any atom is 0.108 e. The van der Waals surface area contributed by atoms with Crippen LogP contribution in [0.15, 0.2) is 36.6 Å². The Morgan fingerprint density at radius 1 is 1.36 bits per heavy atom. The fourth-order valence-corrected chi connectivity index (χ4v) is 0.500. The lowest BCUT2D eigenvalue weighted by Gasteiger charge is -2.00. The average molecular weight is 202 g/mol. The molecule has 0 aromatic rings. The molecule has 0 saturated heterocycles. The van der Waals surface area contributed by atoms with Gasteiger partial charge < -0.3 is 9.53 Å². The van der Waals surface area contributed by atoms with Crippen molar-refractivity contribution in [2.75, 3.05) is 13.8 Å². The van der Waals surface area contributed by atoms with Crippen LogP contribution >= 0.6 is 0 Å². The van der Waals surface area contributed by atoms with Crippen LogP contribution in [0.2, 0.25) is 0 Å². The smallest absolute Gasteiger partial charge is 0.108 e. The molecule has 3 heteroatoms.